The van der Waals surface area contributed by atoms with Crippen molar-refractivity contribution in [3.8, 4) is 0 Å². The molecule has 3 aromatic rings. The van der Waals surface area contributed by atoms with Crippen molar-refractivity contribution in [3.05, 3.63) is 77.1 Å². The minimum Gasteiger partial charge on any atom is -0.449 e. The van der Waals surface area contributed by atoms with Crippen LogP contribution in [0.3, 0.4) is 0 Å². The maximum atomic E-state index is 12.1. The summed E-state index contributed by atoms with van der Waals surface area (Å²) in [7, 11) is 0. The molecule has 0 spiro atoms. The number of hydrazone groups is 1. The van der Waals surface area contributed by atoms with E-state index in [0.717, 1.165) is 30.0 Å². The smallest absolute Gasteiger partial charge is 0.411 e. The third-order valence-corrected chi connectivity index (χ3v) is 5.60. The molecular formula is C27H32N6O3. The van der Waals surface area contributed by atoms with Crippen LogP contribution in [0.5, 0.6) is 0 Å². The Labute approximate surface area is 211 Å². The van der Waals surface area contributed by atoms with Crippen molar-refractivity contribution in [2.75, 3.05) is 48.6 Å². The van der Waals surface area contributed by atoms with E-state index in [9.17, 15) is 4.79 Å². The number of nitrogens with one attached hydrogen (secondary N) is 2. The predicted octanol–water partition coefficient (Wildman–Crippen LogP) is 4.56. The van der Waals surface area contributed by atoms with Gasteiger partial charge in [-0.3, -0.25) is 10.7 Å². The Kier molecular flexibility index (Phi) is 8.82. The lowest BCUT2D eigenvalue weighted by Gasteiger charge is -2.28. The molecular weight excluding hydrogens is 456 g/mol. The van der Waals surface area contributed by atoms with E-state index in [1.807, 2.05) is 62.4 Å². The van der Waals surface area contributed by atoms with Crippen molar-refractivity contribution < 1.29 is 14.3 Å². The first kappa shape index (κ1) is 25.1. The number of anilines is 3. The first-order valence-electron chi connectivity index (χ1n) is 12.1. The van der Waals surface area contributed by atoms with Crippen LogP contribution in [-0.2, 0) is 15.9 Å². The van der Waals surface area contributed by atoms with Crippen LogP contribution >= 0.6 is 0 Å². The fraction of sp³-hybridized carbons (Fsp3) is 0.333. The number of carbonyl (C=O) groups is 1. The van der Waals surface area contributed by atoms with Crippen LogP contribution in [0, 0.1) is 13.8 Å². The van der Waals surface area contributed by atoms with Gasteiger partial charge in [0.25, 0.3) is 0 Å². The Balaban J connectivity index is 1.35. The molecule has 188 valence electrons. The molecule has 9 nitrogen and oxygen atoms in total. The van der Waals surface area contributed by atoms with Crippen LogP contribution in [0.4, 0.5) is 22.1 Å². The second-order valence-corrected chi connectivity index (χ2v) is 8.64. The maximum absolute atomic E-state index is 12.1. The second kappa shape index (κ2) is 12.6. The van der Waals surface area contributed by atoms with Gasteiger partial charge in [-0.25, -0.2) is 14.8 Å². The lowest BCUT2D eigenvalue weighted by Crippen LogP contribution is -2.37. The summed E-state index contributed by atoms with van der Waals surface area (Å²) < 4.78 is 10.8. The topological polar surface area (TPSA) is 101 Å². The van der Waals surface area contributed by atoms with Crippen LogP contribution in [0.1, 0.15) is 28.9 Å². The number of amides is 1. The Morgan fingerprint density at radius 2 is 1.89 bits per heavy atom. The van der Waals surface area contributed by atoms with Crippen LogP contribution in [0.2, 0.25) is 0 Å². The number of nitrogens with zero attached hydrogens (tertiary/aromatic N) is 4. The van der Waals surface area contributed by atoms with Crippen LogP contribution in [0.15, 0.2) is 59.7 Å². The molecule has 1 fully saturated rings. The number of ether oxygens (including phenoxy) is 2. The average Bonchev–Trinajstić information content (AvgIpc) is 2.88. The monoisotopic (exact) mass is 488 g/mol. The lowest BCUT2D eigenvalue weighted by molar-refractivity contribution is 0.122. The number of benzene rings is 2. The number of hydrogen-bond acceptors (Lipinski definition) is 8. The maximum Gasteiger partial charge on any atom is 0.411 e. The molecule has 1 amide bonds. The number of aryl methyl sites for hydroxylation is 3. The molecule has 1 aromatic heterocycles. The third kappa shape index (κ3) is 7.78. The van der Waals surface area contributed by atoms with E-state index in [1.165, 1.54) is 5.56 Å². The summed E-state index contributed by atoms with van der Waals surface area (Å²) in [6, 6.07) is 17.6. The summed E-state index contributed by atoms with van der Waals surface area (Å²) >= 11 is 0. The highest BCUT2D eigenvalue weighted by Gasteiger charge is 2.15. The highest BCUT2D eigenvalue weighted by molar-refractivity contribution is 5.84. The van der Waals surface area contributed by atoms with Gasteiger partial charge < -0.3 is 14.4 Å². The zero-order chi connectivity index (χ0) is 25.2. The predicted molar refractivity (Wildman–Crippen MR) is 142 cm³/mol. The molecule has 1 saturated heterocycles. The molecule has 0 aliphatic carbocycles. The highest BCUT2D eigenvalue weighted by atomic mass is 16.5. The van der Waals surface area contributed by atoms with E-state index in [-0.39, 0.29) is 6.61 Å². The molecule has 1 aliphatic heterocycles. The van der Waals surface area contributed by atoms with Gasteiger partial charge in [0, 0.05) is 31.3 Å². The van der Waals surface area contributed by atoms with Crippen molar-refractivity contribution in [2.45, 2.75) is 26.7 Å². The van der Waals surface area contributed by atoms with E-state index < -0.39 is 6.09 Å². The second-order valence-electron chi connectivity index (χ2n) is 8.64. The summed E-state index contributed by atoms with van der Waals surface area (Å²) in [4.78, 5) is 23.6. The fourth-order valence-corrected chi connectivity index (χ4v) is 3.72. The molecule has 2 N–H and O–H groups in total. The van der Waals surface area contributed by atoms with Gasteiger partial charge >= 0.3 is 6.09 Å². The summed E-state index contributed by atoms with van der Waals surface area (Å²) in [5, 5.41) is 7.09. The van der Waals surface area contributed by atoms with Crippen molar-refractivity contribution >= 4 is 29.6 Å². The molecule has 9 heteroatoms. The van der Waals surface area contributed by atoms with Gasteiger partial charge in [0.05, 0.1) is 26.0 Å². The van der Waals surface area contributed by atoms with Crippen LogP contribution in [0.25, 0.3) is 0 Å². The van der Waals surface area contributed by atoms with E-state index in [1.54, 1.807) is 6.21 Å². The Hall–Kier alpha value is -3.98. The van der Waals surface area contributed by atoms with E-state index in [0.29, 0.717) is 43.4 Å². The number of rotatable bonds is 9. The Morgan fingerprint density at radius 3 is 2.67 bits per heavy atom. The van der Waals surface area contributed by atoms with Crippen molar-refractivity contribution in [1.82, 2.24) is 9.97 Å². The van der Waals surface area contributed by atoms with Gasteiger partial charge in [-0.05, 0) is 38.0 Å². The zero-order valence-corrected chi connectivity index (χ0v) is 20.7. The highest BCUT2D eigenvalue weighted by Crippen LogP contribution is 2.18. The fourth-order valence-electron chi connectivity index (χ4n) is 3.72. The standard InChI is InChI=1S/C27H32N6O3/c1-20-8-10-23(11-9-20)29-27(34)36-14-4-7-24-30-25(18-26(31-24)33-12-15-35-16-13-33)32-28-19-22-6-3-5-21(2)17-22/h3,5-6,8-11,17-19H,4,7,12-16H2,1-2H3,(H,29,34)(H,30,31,32)/b28-19+. The van der Waals surface area contributed by atoms with Gasteiger partial charge in [-0.15, -0.1) is 0 Å². The molecule has 2 aromatic carbocycles. The minimum absolute atomic E-state index is 0.261. The summed E-state index contributed by atoms with van der Waals surface area (Å²) in [5.41, 5.74) is 7.05. The molecule has 0 atom stereocenters. The zero-order valence-electron chi connectivity index (χ0n) is 20.7. The minimum atomic E-state index is -0.477. The number of hydrogen-bond donors (Lipinski definition) is 2. The molecule has 0 radical (unpaired) electrons. The van der Waals surface area contributed by atoms with Crippen molar-refractivity contribution in [1.29, 1.82) is 0 Å². The molecule has 0 saturated carbocycles. The summed E-state index contributed by atoms with van der Waals surface area (Å²) in [5.74, 6) is 2.10. The lowest BCUT2D eigenvalue weighted by atomic mass is 10.2. The quantitative estimate of drug-likeness (QED) is 0.259. The van der Waals surface area contributed by atoms with Gasteiger partial charge in [-0.2, -0.15) is 5.10 Å². The molecule has 1 aliphatic rings. The van der Waals surface area contributed by atoms with E-state index >= 15 is 0 Å². The third-order valence-electron chi connectivity index (χ3n) is 5.60. The molecule has 36 heavy (non-hydrogen) atoms. The average molecular weight is 489 g/mol. The first-order chi connectivity index (χ1) is 17.5. The van der Waals surface area contributed by atoms with Crippen molar-refractivity contribution in [3.63, 3.8) is 0 Å². The SMILES string of the molecule is Cc1ccc(NC(=O)OCCCc2nc(N/N=C/c3cccc(C)c3)cc(N3CCOCC3)n2)cc1. The van der Waals surface area contributed by atoms with Gasteiger partial charge in [-0.1, -0.05) is 47.5 Å². The molecule has 0 unspecified atom stereocenters. The molecule has 2 heterocycles. The molecule has 4 rings (SSSR count). The van der Waals surface area contributed by atoms with E-state index in [2.05, 4.69) is 31.8 Å². The Morgan fingerprint density at radius 1 is 1.08 bits per heavy atom. The van der Waals surface area contributed by atoms with E-state index in [4.69, 9.17) is 14.5 Å². The summed E-state index contributed by atoms with van der Waals surface area (Å²) in [6.45, 7) is 7.17. The van der Waals surface area contributed by atoms with Crippen LogP contribution < -0.4 is 15.6 Å². The van der Waals surface area contributed by atoms with Crippen molar-refractivity contribution in [2.24, 2.45) is 5.10 Å². The first-order valence-corrected chi connectivity index (χ1v) is 12.1. The molecule has 0 bridgehead atoms. The summed E-state index contributed by atoms with van der Waals surface area (Å²) in [6.07, 6.45) is 2.45. The number of morpholine rings is 1. The number of aromatic nitrogens is 2. The van der Waals surface area contributed by atoms with Gasteiger partial charge in [0.15, 0.2) is 5.82 Å². The van der Waals surface area contributed by atoms with Gasteiger partial charge in [0.1, 0.15) is 11.6 Å². The Bertz CT molecular complexity index is 1180. The number of carbonyl (C=O) groups excluding carboxylic acids is 1. The normalized spacial score (nSPS) is 13.6. The van der Waals surface area contributed by atoms with Gasteiger partial charge in [0.2, 0.25) is 0 Å². The largest absolute Gasteiger partial charge is 0.449 e. The van der Waals surface area contributed by atoms with Crippen LogP contribution in [-0.4, -0.2) is 55.2 Å².